The topological polar surface area (TPSA) is 0 Å². The summed E-state index contributed by atoms with van der Waals surface area (Å²) in [7, 11) is 0. The summed E-state index contributed by atoms with van der Waals surface area (Å²) in [6.07, 6.45) is 65.2. The summed E-state index contributed by atoms with van der Waals surface area (Å²) in [6.45, 7) is 7.02. The van der Waals surface area contributed by atoms with Crippen LogP contribution in [0.15, 0.2) is 0 Å². The molecule has 0 aromatic rings. The van der Waals surface area contributed by atoms with Crippen molar-refractivity contribution in [3.8, 4) is 0 Å². The lowest BCUT2D eigenvalue weighted by molar-refractivity contribution is 0.501. The summed E-state index contributed by atoms with van der Waals surface area (Å²) >= 11 is 2.24. The molecule has 0 saturated heterocycles. The van der Waals surface area contributed by atoms with Crippen molar-refractivity contribution >= 4 is 11.8 Å². The van der Waals surface area contributed by atoms with E-state index in [4.69, 9.17) is 0 Å². The molecule has 308 valence electrons. The summed E-state index contributed by atoms with van der Waals surface area (Å²) in [4.78, 5) is 0. The van der Waals surface area contributed by atoms with E-state index >= 15 is 0 Å². The van der Waals surface area contributed by atoms with Crippen LogP contribution >= 0.6 is 11.8 Å². The van der Waals surface area contributed by atoms with Gasteiger partial charge in [0, 0.05) is 0 Å². The van der Waals surface area contributed by atoms with E-state index in [-0.39, 0.29) is 0 Å². The van der Waals surface area contributed by atoms with Crippen LogP contribution in [0.25, 0.3) is 0 Å². The summed E-state index contributed by atoms with van der Waals surface area (Å²) in [6, 6.07) is 0. The normalized spacial score (nSPS) is 11.8. The third-order valence-electron chi connectivity index (χ3n) is 11.7. The molecule has 0 bridgehead atoms. The second kappa shape index (κ2) is 48.4. The molecule has 0 atom stereocenters. The molecule has 0 aliphatic carbocycles. The molecule has 0 amide bonds. The number of unbranched alkanes of at least 4 members (excludes halogenated alkanes) is 41. The van der Waals surface area contributed by atoms with Crippen LogP contribution in [0.3, 0.4) is 0 Å². The molecular formula is C50H102S. The van der Waals surface area contributed by atoms with E-state index in [0.717, 1.165) is 5.92 Å². The van der Waals surface area contributed by atoms with Crippen LogP contribution in [0, 0.1) is 5.92 Å². The highest BCUT2D eigenvalue weighted by atomic mass is 32.2. The van der Waals surface area contributed by atoms with E-state index in [1.807, 2.05) is 0 Å². The smallest absolute Gasteiger partial charge is 0.00675 e. The van der Waals surface area contributed by atoms with Crippen molar-refractivity contribution in [3.63, 3.8) is 0 Å². The van der Waals surface area contributed by atoms with Crippen LogP contribution in [-0.4, -0.2) is 11.5 Å². The van der Waals surface area contributed by atoms with Crippen molar-refractivity contribution in [2.75, 3.05) is 11.5 Å². The molecule has 0 spiro atoms. The molecule has 0 N–H and O–H groups in total. The molecule has 0 aromatic heterocycles. The van der Waals surface area contributed by atoms with E-state index in [2.05, 4.69) is 32.5 Å². The number of hydrogen-bond acceptors (Lipinski definition) is 1. The highest BCUT2D eigenvalue weighted by Crippen LogP contribution is 2.18. The van der Waals surface area contributed by atoms with E-state index in [9.17, 15) is 0 Å². The Labute approximate surface area is 331 Å². The van der Waals surface area contributed by atoms with Gasteiger partial charge in [-0.2, -0.15) is 11.8 Å². The van der Waals surface area contributed by atoms with Crippen molar-refractivity contribution < 1.29 is 0 Å². The first-order valence-corrected chi connectivity index (χ1v) is 26.0. The second-order valence-electron chi connectivity index (χ2n) is 17.6. The molecule has 0 unspecified atom stereocenters. The zero-order valence-corrected chi connectivity index (χ0v) is 37.3. The average molecular weight is 735 g/mol. The number of rotatable bonds is 47. The highest BCUT2D eigenvalue weighted by Gasteiger charge is 1.99. The monoisotopic (exact) mass is 735 g/mol. The van der Waals surface area contributed by atoms with Gasteiger partial charge in [-0.05, 0) is 30.3 Å². The summed E-state index contributed by atoms with van der Waals surface area (Å²) in [5, 5.41) is 0. The Kier molecular flexibility index (Phi) is 48.7. The Bertz CT molecular complexity index is 569. The summed E-state index contributed by atoms with van der Waals surface area (Å²) < 4.78 is 0. The van der Waals surface area contributed by atoms with Crippen molar-refractivity contribution in [1.29, 1.82) is 0 Å². The summed E-state index contributed by atoms with van der Waals surface area (Å²) in [5.74, 6) is 3.72. The predicted molar refractivity (Wildman–Crippen MR) is 241 cm³/mol. The van der Waals surface area contributed by atoms with E-state index in [0.29, 0.717) is 0 Å². The average Bonchev–Trinajstić information content (AvgIpc) is 3.13. The first kappa shape index (κ1) is 51.4. The van der Waals surface area contributed by atoms with Crippen molar-refractivity contribution in [2.45, 2.75) is 303 Å². The minimum Gasteiger partial charge on any atom is -0.162 e. The fraction of sp³-hybridized carbons (Fsp3) is 1.00. The maximum absolute atomic E-state index is 2.35. The molecule has 0 radical (unpaired) electrons. The van der Waals surface area contributed by atoms with Gasteiger partial charge in [-0.15, -0.1) is 0 Å². The van der Waals surface area contributed by atoms with Crippen LogP contribution < -0.4 is 0 Å². The Hall–Kier alpha value is 0.350. The zero-order chi connectivity index (χ0) is 36.8. The van der Waals surface area contributed by atoms with Crippen LogP contribution in [0.2, 0.25) is 0 Å². The molecule has 0 rings (SSSR count). The van der Waals surface area contributed by atoms with Crippen LogP contribution in [0.5, 0.6) is 0 Å². The van der Waals surface area contributed by atoms with Gasteiger partial charge in [-0.1, -0.05) is 290 Å². The first-order chi connectivity index (χ1) is 25.3. The fourth-order valence-corrected chi connectivity index (χ4v) is 9.05. The minimum absolute atomic E-state index is 0.895. The molecule has 0 heterocycles. The highest BCUT2D eigenvalue weighted by molar-refractivity contribution is 7.99. The van der Waals surface area contributed by atoms with Gasteiger partial charge in [0.1, 0.15) is 0 Å². The summed E-state index contributed by atoms with van der Waals surface area (Å²) in [5.41, 5.74) is 0. The van der Waals surface area contributed by atoms with Gasteiger partial charge >= 0.3 is 0 Å². The first-order valence-electron chi connectivity index (χ1n) is 24.8. The van der Waals surface area contributed by atoms with Gasteiger partial charge in [0.05, 0.1) is 0 Å². The predicted octanol–water partition coefficient (Wildman–Crippen LogP) is 19.6. The Morgan fingerprint density at radius 3 is 0.608 bits per heavy atom. The Morgan fingerprint density at radius 2 is 0.412 bits per heavy atom. The lowest BCUT2D eigenvalue weighted by Gasteiger charge is -2.05. The molecule has 51 heavy (non-hydrogen) atoms. The molecule has 0 aliphatic heterocycles. The largest absolute Gasteiger partial charge is 0.162 e. The van der Waals surface area contributed by atoms with Crippen LogP contribution in [0.4, 0.5) is 0 Å². The second-order valence-corrected chi connectivity index (χ2v) is 18.9. The van der Waals surface area contributed by atoms with E-state index in [1.54, 1.807) is 0 Å². The van der Waals surface area contributed by atoms with E-state index in [1.165, 1.54) is 294 Å². The Balaban J connectivity index is 3.05. The fourth-order valence-electron chi connectivity index (χ4n) is 8.03. The van der Waals surface area contributed by atoms with Gasteiger partial charge in [-0.3, -0.25) is 0 Å². The standard InChI is InChI=1S/C50H102S/c1-4-5-6-7-8-9-10-11-12-13-14-15-16-17-18-19-20-21-24-27-30-33-36-39-42-45-48-51-49-46-43-40-37-34-31-28-25-22-23-26-29-32-35-38-41-44-47-50(2)3/h50H,4-49H2,1-3H3. The molecule has 0 fully saturated rings. The van der Waals surface area contributed by atoms with Crippen LogP contribution in [0.1, 0.15) is 303 Å². The maximum Gasteiger partial charge on any atom is -0.00675 e. The van der Waals surface area contributed by atoms with Gasteiger partial charge in [0.25, 0.3) is 0 Å². The lowest BCUT2D eigenvalue weighted by Crippen LogP contribution is -1.87. The molecule has 0 nitrogen and oxygen atoms in total. The third kappa shape index (κ3) is 50.3. The lowest BCUT2D eigenvalue weighted by atomic mass is 10.0. The molecule has 0 aliphatic rings. The third-order valence-corrected chi connectivity index (χ3v) is 12.9. The number of hydrogen-bond donors (Lipinski definition) is 0. The zero-order valence-electron chi connectivity index (χ0n) is 36.5. The molecule has 0 saturated carbocycles. The molecule has 0 aromatic carbocycles. The van der Waals surface area contributed by atoms with Crippen molar-refractivity contribution in [2.24, 2.45) is 5.92 Å². The Morgan fingerprint density at radius 1 is 0.235 bits per heavy atom. The van der Waals surface area contributed by atoms with E-state index < -0.39 is 0 Å². The maximum atomic E-state index is 2.35. The van der Waals surface area contributed by atoms with Gasteiger partial charge < -0.3 is 0 Å². The van der Waals surface area contributed by atoms with Gasteiger partial charge in [0.2, 0.25) is 0 Å². The number of thioether (sulfide) groups is 1. The van der Waals surface area contributed by atoms with Crippen molar-refractivity contribution in [3.05, 3.63) is 0 Å². The van der Waals surface area contributed by atoms with Crippen molar-refractivity contribution in [1.82, 2.24) is 0 Å². The van der Waals surface area contributed by atoms with Gasteiger partial charge in [-0.25, -0.2) is 0 Å². The van der Waals surface area contributed by atoms with Crippen LogP contribution in [-0.2, 0) is 0 Å². The quantitative estimate of drug-likeness (QED) is 0.0561. The molecular weight excluding hydrogens is 633 g/mol. The van der Waals surface area contributed by atoms with Gasteiger partial charge in [0.15, 0.2) is 0 Å². The SMILES string of the molecule is CCCCCCCCCCCCCCCCCCCCCCCCCCCCSCCCCCCCCCCCCCCCCCCCC(C)C. The molecule has 1 heteroatoms. The minimum atomic E-state index is 0.895.